The van der Waals surface area contributed by atoms with Gasteiger partial charge in [-0.05, 0) is 52.4 Å². The average Bonchev–Trinajstić information content (AvgIpc) is 2.69. The molecule has 1 fully saturated rings. The van der Waals surface area contributed by atoms with Crippen LogP contribution in [0.1, 0.15) is 15.9 Å². The van der Waals surface area contributed by atoms with Crippen LogP contribution in [0.3, 0.4) is 0 Å². The summed E-state index contributed by atoms with van der Waals surface area (Å²) in [6.45, 7) is 4.26. The van der Waals surface area contributed by atoms with E-state index in [1.807, 2.05) is 35.2 Å². The zero-order valence-corrected chi connectivity index (χ0v) is 16.6. The summed E-state index contributed by atoms with van der Waals surface area (Å²) >= 11 is 2.32. The SMILES string of the molecule is O=C(c1cnc2ccccc2c1)N1CCN(Cc2ccc([124I])cc2)CC1. The molecule has 1 aliphatic rings. The maximum Gasteiger partial charge on any atom is 0.255 e. The van der Waals surface area contributed by atoms with Gasteiger partial charge in [0.2, 0.25) is 0 Å². The van der Waals surface area contributed by atoms with Gasteiger partial charge in [0.15, 0.2) is 0 Å². The first-order chi connectivity index (χ1) is 12.7. The normalized spacial score (nSPS) is 15.3. The Hall–Kier alpha value is -1.99. The number of hydrogen-bond donors (Lipinski definition) is 0. The van der Waals surface area contributed by atoms with E-state index in [-0.39, 0.29) is 5.91 Å². The van der Waals surface area contributed by atoms with Crippen molar-refractivity contribution in [1.29, 1.82) is 0 Å². The van der Waals surface area contributed by atoms with Gasteiger partial charge >= 0.3 is 0 Å². The number of piperazine rings is 1. The molecular weight excluding hydrogens is 434 g/mol. The molecule has 0 aliphatic carbocycles. The topological polar surface area (TPSA) is 36.4 Å². The number of halogens is 1. The van der Waals surface area contributed by atoms with E-state index >= 15 is 0 Å². The quantitative estimate of drug-likeness (QED) is 0.566. The molecule has 5 heteroatoms. The van der Waals surface area contributed by atoms with E-state index in [0.29, 0.717) is 5.56 Å². The van der Waals surface area contributed by atoms with Gasteiger partial charge in [-0.2, -0.15) is 0 Å². The number of nitrogens with zero attached hydrogens (tertiary/aromatic N) is 3. The van der Waals surface area contributed by atoms with Crippen molar-refractivity contribution in [2.75, 3.05) is 26.2 Å². The summed E-state index contributed by atoms with van der Waals surface area (Å²) in [4.78, 5) is 21.6. The second-order valence-electron chi connectivity index (χ2n) is 6.61. The molecular formula is C21H20IN3O. The van der Waals surface area contributed by atoms with Crippen molar-refractivity contribution in [2.24, 2.45) is 0 Å². The Morgan fingerprint density at radius 1 is 1.00 bits per heavy atom. The van der Waals surface area contributed by atoms with Crippen molar-refractivity contribution >= 4 is 39.4 Å². The van der Waals surface area contributed by atoms with Gasteiger partial charge in [-0.1, -0.05) is 30.3 Å². The molecule has 4 nitrogen and oxygen atoms in total. The van der Waals surface area contributed by atoms with Gasteiger partial charge in [-0.25, -0.2) is 0 Å². The summed E-state index contributed by atoms with van der Waals surface area (Å²) in [6.07, 6.45) is 1.70. The van der Waals surface area contributed by atoms with Crippen LogP contribution in [0.15, 0.2) is 60.8 Å². The van der Waals surface area contributed by atoms with Gasteiger partial charge in [-0.15, -0.1) is 0 Å². The molecule has 1 aliphatic heterocycles. The van der Waals surface area contributed by atoms with Crippen molar-refractivity contribution in [1.82, 2.24) is 14.8 Å². The monoisotopic (exact) mass is 454 g/mol. The van der Waals surface area contributed by atoms with E-state index in [2.05, 4.69) is 56.7 Å². The standard InChI is InChI=1S/C21H20IN3O/c22-19-7-5-16(6-8-19)15-24-9-11-25(12-10-24)21(26)18-13-17-3-1-2-4-20(17)23-14-18/h1-8,13-14H,9-12,15H2/i22-3. The number of amides is 1. The third-order valence-electron chi connectivity index (χ3n) is 4.82. The highest BCUT2D eigenvalue weighted by molar-refractivity contribution is 14.1. The molecule has 1 amide bonds. The van der Waals surface area contributed by atoms with Gasteiger partial charge in [0, 0.05) is 47.9 Å². The molecule has 0 radical (unpaired) electrons. The highest BCUT2D eigenvalue weighted by atomic mass is 124. The highest BCUT2D eigenvalue weighted by Gasteiger charge is 2.22. The van der Waals surface area contributed by atoms with Crippen molar-refractivity contribution in [3.63, 3.8) is 0 Å². The number of rotatable bonds is 3. The summed E-state index contributed by atoms with van der Waals surface area (Å²) in [5, 5.41) is 1.01. The van der Waals surface area contributed by atoms with Crippen LogP contribution in [0.2, 0.25) is 0 Å². The molecule has 0 atom stereocenters. The van der Waals surface area contributed by atoms with Gasteiger partial charge in [0.1, 0.15) is 0 Å². The first-order valence-electron chi connectivity index (χ1n) is 8.80. The van der Waals surface area contributed by atoms with Gasteiger partial charge in [-0.3, -0.25) is 14.7 Å². The minimum Gasteiger partial charge on any atom is -0.336 e. The third kappa shape index (κ3) is 3.88. The Morgan fingerprint density at radius 2 is 1.73 bits per heavy atom. The molecule has 0 N–H and O–H groups in total. The van der Waals surface area contributed by atoms with Crippen LogP contribution in [0, 0.1) is 3.57 Å². The molecule has 26 heavy (non-hydrogen) atoms. The Bertz CT molecular complexity index is 918. The molecule has 2 aromatic carbocycles. The molecule has 0 saturated carbocycles. The predicted molar refractivity (Wildman–Crippen MR) is 112 cm³/mol. The zero-order chi connectivity index (χ0) is 17.9. The van der Waals surface area contributed by atoms with Gasteiger partial charge in [0.05, 0.1) is 11.1 Å². The van der Waals surface area contributed by atoms with E-state index in [0.717, 1.165) is 43.6 Å². The summed E-state index contributed by atoms with van der Waals surface area (Å²) in [7, 11) is 0. The second-order valence-corrected chi connectivity index (χ2v) is 7.86. The van der Waals surface area contributed by atoms with Crippen molar-refractivity contribution in [2.45, 2.75) is 6.54 Å². The fourth-order valence-corrected chi connectivity index (χ4v) is 3.69. The van der Waals surface area contributed by atoms with E-state index < -0.39 is 0 Å². The lowest BCUT2D eigenvalue weighted by atomic mass is 10.1. The van der Waals surface area contributed by atoms with Crippen LogP contribution in [0.4, 0.5) is 0 Å². The van der Waals surface area contributed by atoms with Gasteiger partial charge < -0.3 is 4.90 Å². The molecule has 132 valence electrons. The molecule has 3 aromatic rings. The maximum atomic E-state index is 12.8. The fraction of sp³-hybridized carbons (Fsp3) is 0.238. The summed E-state index contributed by atoms with van der Waals surface area (Å²) < 4.78 is 1.26. The number of para-hydroxylation sites is 1. The molecule has 1 saturated heterocycles. The van der Waals surface area contributed by atoms with E-state index in [1.165, 1.54) is 9.13 Å². The van der Waals surface area contributed by atoms with E-state index in [9.17, 15) is 4.79 Å². The highest BCUT2D eigenvalue weighted by Crippen LogP contribution is 2.16. The first-order valence-corrected chi connectivity index (χ1v) is 9.88. The smallest absolute Gasteiger partial charge is 0.255 e. The molecule has 1 aromatic heterocycles. The minimum absolute atomic E-state index is 0.0807. The number of carbonyl (C=O) groups is 1. The molecule has 0 unspecified atom stereocenters. The number of aromatic nitrogens is 1. The van der Waals surface area contributed by atoms with Crippen LogP contribution in [0.5, 0.6) is 0 Å². The summed E-state index contributed by atoms with van der Waals surface area (Å²) in [5.74, 6) is 0.0807. The summed E-state index contributed by atoms with van der Waals surface area (Å²) in [5.41, 5.74) is 2.92. The number of pyridine rings is 1. The van der Waals surface area contributed by atoms with Crippen molar-refractivity contribution in [3.05, 3.63) is 75.5 Å². The van der Waals surface area contributed by atoms with Crippen LogP contribution < -0.4 is 0 Å². The Labute approximate surface area is 167 Å². The Kier molecular flexibility index (Phi) is 5.17. The molecule has 0 spiro atoms. The molecule has 4 rings (SSSR count). The lowest BCUT2D eigenvalue weighted by Gasteiger charge is -2.34. The van der Waals surface area contributed by atoms with Crippen molar-refractivity contribution < 1.29 is 4.79 Å². The largest absolute Gasteiger partial charge is 0.336 e. The third-order valence-corrected chi connectivity index (χ3v) is 5.54. The van der Waals surface area contributed by atoms with E-state index in [1.54, 1.807) is 6.20 Å². The number of carbonyl (C=O) groups excluding carboxylic acids is 1. The minimum atomic E-state index is 0.0807. The number of benzene rings is 2. The maximum absolute atomic E-state index is 12.8. The lowest BCUT2D eigenvalue weighted by molar-refractivity contribution is 0.0628. The van der Waals surface area contributed by atoms with Crippen LogP contribution >= 0.6 is 22.6 Å². The predicted octanol–water partition coefficient (Wildman–Crippen LogP) is 3.80. The van der Waals surface area contributed by atoms with E-state index in [4.69, 9.17) is 0 Å². The fourth-order valence-electron chi connectivity index (χ4n) is 3.33. The van der Waals surface area contributed by atoms with Gasteiger partial charge in [0.25, 0.3) is 5.91 Å². The molecule has 0 bridgehead atoms. The number of fused-ring (bicyclic) bond motifs is 1. The molecule has 2 heterocycles. The van der Waals surface area contributed by atoms with Crippen molar-refractivity contribution in [3.8, 4) is 0 Å². The van der Waals surface area contributed by atoms with Crippen LogP contribution in [-0.4, -0.2) is 46.9 Å². The Morgan fingerprint density at radius 3 is 2.50 bits per heavy atom. The zero-order valence-electron chi connectivity index (χ0n) is 14.4. The second kappa shape index (κ2) is 7.72. The average molecular weight is 454 g/mol. The lowest BCUT2D eigenvalue weighted by Crippen LogP contribution is -2.48. The Balaban J connectivity index is 1.38. The number of hydrogen-bond acceptors (Lipinski definition) is 3. The van der Waals surface area contributed by atoms with Crippen LogP contribution in [-0.2, 0) is 6.54 Å². The first kappa shape index (κ1) is 17.4. The van der Waals surface area contributed by atoms with Crippen LogP contribution in [0.25, 0.3) is 10.9 Å². The summed E-state index contributed by atoms with van der Waals surface area (Å²) in [6, 6.07) is 18.5.